The highest BCUT2D eigenvalue weighted by molar-refractivity contribution is 6.11. The van der Waals surface area contributed by atoms with Crippen LogP contribution in [0.2, 0.25) is 0 Å². The molecular formula is C104H68N8. The maximum atomic E-state index is 5.31. The molecule has 20 rings (SSSR count). The summed E-state index contributed by atoms with van der Waals surface area (Å²) in [7, 11) is 0. The lowest BCUT2D eigenvalue weighted by atomic mass is 9.95. The average Bonchev–Trinajstić information content (AvgIpc) is 0.750. The van der Waals surface area contributed by atoms with Crippen molar-refractivity contribution < 1.29 is 0 Å². The third kappa shape index (κ3) is 13.9. The SMILES string of the molecule is c1ccc(-c2ccc(-c3cc(-c4cccc(-c5cc(-c6ccccc6)nc6c5ccc5ccc(-c7ccccc7)nc56)c4)nc(-c4ccccc4)n3)cc2)cc1.c1ccc(-c2ccc(-c3cc(-c4ccccc4)nc(-c4cccc(-c5cc(-c6ccccc6)nc6c5ccc5ccc(-c7ccccc7)nc56)c4)n3)cc2)cc1. The van der Waals surface area contributed by atoms with Gasteiger partial charge in [0.25, 0.3) is 0 Å². The molecular weight excluding hydrogens is 1360 g/mol. The summed E-state index contributed by atoms with van der Waals surface area (Å²) in [5.74, 6) is 1.35. The smallest absolute Gasteiger partial charge is 0.160 e. The van der Waals surface area contributed by atoms with E-state index in [2.05, 4.69) is 315 Å². The van der Waals surface area contributed by atoms with Gasteiger partial charge in [-0.05, 0) is 93.0 Å². The second kappa shape index (κ2) is 30.3. The lowest BCUT2D eigenvalue weighted by Crippen LogP contribution is -1.97. The maximum absolute atomic E-state index is 5.31. The number of aromatic nitrogens is 8. The lowest BCUT2D eigenvalue weighted by Gasteiger charge is -2.14. The van der Waals surface area contributed by atoms with Crippen LogP contribution < -0.4 is 0 Å². The monoisotopic (exact) mass is 1430 g/mol. The fraction of sp³-hybridized carbons (Fsp3) is 0. The second-order valence-corrected chi connectivity index (χ2v) is 27.7. The molecule has 0 saturated carbocycles. The van der Waals surface area contributed by atoms with E-state index >= 15 is 0 Å². The van der Waals surface area contributed by atoms with Crippen molar-refractivity contribution in [3.63, 3.8) is 0 Å². The Morgan fingerprint density at radius 1 is 0.125 bits per heavy atom. The highest BCUT2D eigenvalue weighted by Crippen LogP contribution is 2.42. The topological polar surface area (TPSA) is 103 Å². The summed E-state index contributed by atoms with van der Waals surface area (Å²) >= 11 is 0. The molecule has 0 aliphatic rings. The van der Waals surface area contributed by atoms with Crippen molar-refractivity contribution in [3.05, 3.63) is 413 Å². The van der Waals surface area contributed by atoms with Gasteiger partial charge in [0.2, 0.25) is 0 Å². The zero-order valence-electron chi connectivity index (χ0n) is 60.8. The molecule has 0 fully saturated rings. The molecule has 6 aromatic heterocycles. The lowest BCUT2D eigenvalue weighted by molar-refractivity contribution is 1.18. The molecule has 0 aliphatic heterocycles. The fourth-order valence-corrected chi connectivity index (χ4v) is 14.8. The van der Waals surface area contributed by atoms with Crippen molar-refractivity contribution in [3.8, 4) is 157 Å². The average molecular weight is 1430 g/mol. The zero-order chi connectivity index (χ0) is 74.5. The van der Waals surface area contributed by atoms with E-state index in [0.29, 0.717) is 11.6 Å². The first kappa shape index (κ1) is 67.5. The van der Waals surface area contributed by atoms with Gasteiger partial charge in [-0.1, -0.05) is 364 Å². The molecule has 0 N–H and O–H groups in total. The summed E-state index contributed by atoms with van der Waals surface area (Å²) in [4.78, 5) is 41.7. The first-order valence-corrected chi connectivity index (χ1v) is 37.6. The molecule has 0 unspecified atom stereocenters. The van der Waals surface area contributed by atoms with Gasteiger partial charge >= 0.3 is 0 Å². The molecule has 0 bridgehead atoms. The third-order valence-corrected chi connectivity index (χ3v) is 20.6. The van der Waals surface area contributed by atoms with Crippen molar-refractivity contribution in [2.24, 2.45) is 0 Å². The Morgan fingerprint density at radius 3 is 0.741 bits per heavy atom. The number of rotatable bonds is 14. The molecule has 14 aromatic carbocycles. The van der Waals surface area contributed by atoms with E-state index in [9.17, 15) is 0 Å². The zero-order valence-corrected chi connectivity index (χ0v) is 60.8. The summed E-state index contributed by atoms with van der Waals surface area (Å²) in [5, 5.41) is 4.17. The summed E-state index contributed by atoms with van der Waals surface area (Å²) in [5.41, 5.74) is 29.8. The van der Waals surface area contributed by atoms with Crippen molar-refractivity contribution in [1.82, 2.24) is 39.9 Å². The van der Waals surface area contributed by atoms with Gasteiger partial charge in [0, 0.05) is 77.2 Å². The minimum atomic E-state index is 0.664. The summed E-state index contributed by atoms with van der Waals surface area (Å²) in [6.45, 7) is 0. The predicted octanol–water partition coefficient (Wildman–Crippen LogP) is 26.5. The molecule has 0 spiro atoms. The Hall–Kier alpha value is -15.1. The van der Waals surface area contributed by atoms with Crippen LogP contribution in [0.1, 0.15) is 0 Å². The van der Waals surface area contributed by atoms with Gasteiger partial charge in [-0.15, -0.1) is 0 Å². The Labute approximate surface area is 649 Å². The summed E-state index contributed by atoms with van der Waals surface area (Å²) in [6, 6.07) is 143. The van der Waals surface area contributed by atoms with Crippen molar-refractivity contribution in [2.45, 2.75) is 0 Å². The molecule has 524 valence electrons. The molecule has 6 heterocycles. The van der Waals surface area contributed by atoms with E-state index in [1.807, 2.05) is 97.1 Å². The van der Waals surface area contributed by atoms with E-state index in [0.717, 1.165) is 167 Å². The molecule has 112 heavy (non-hydrogen) atoms. The van der Waals surface area contributed by atoms with Gasteiger partial charge in [-0.2, -0.15) is 0 Å². The van der Waals surface area contributed by atoms with Crippen LogP contribution in [0.15, 0.2) is 413 Å². The number of fused-ring (bicyclic) bond motifs is 6. The van der Waals surface area contributed by atoms with Gasteiger partial charge in [-0.3, -0.25) is 0 Å². The second-order valence-electron chi connectivity index (χ2n) is 27.7. The van der Waals surface area contributed by atoms with Crippen LogP contribution >= 0.6 is 0 Å². The molecule has 0 atom stereocenters. The number of benzene rings is 14. The van der Waals surface area contributed by atoms with E-state index in [-0.39, 0.29) is 0 Å². The summed E-state index contributed by atoms with van der Waals surface area (Å²) < 4.78 is 0. The molecule has 0 amide bonds. The molecule has 20 aromatic rings. The van der Waals surface area contributed by atoms with Gasteiger partial charge < -0.3 is 0 Å². The molecule has 0 aliphatic carbocycles. The minimum Gasteiger partial charge on any atom is -0.245 e. The minimum absolute atomic E-state index is 0.664. The predicted molar refractivity (Wildman–Crippen MR) is 461 cm³/mol. The van der Waals surface area contributed by atoms with E-state index in [1.54, 1.807) is 0 Å². The van der Waals surface area contributed by atoms with Crippen molar-refractivity contribution >= 4 is 43.6 Å². The van der Waals surface area contributed by atoms with Gasteiger partial charge in [0.15, 0.2) is 11.6 Å². The van der Waals surface area contributed by atoms with Crippen LogP contribution in [0, 0.1) is 0 Å². The van der Waals surface area contributed by atoms with Crippen LogP contribution in [0.25, 0.3) is 201 Å². The number of hydrogen-bond acceptors (Lipinski definition) is 8. The van der Waals surface area contributed by atoms with E-state index < -0.39 is 0 Å². The fourth-order valence-electron chi connectivity index (χ4n) is 14.8. The number of pyridine rings is 4. The first-order chi connectivity index (χ1) is 55.5. The highest BCUT2D eigenvalue weighted by atomic mass is 14.9. The van der Waals surface area contributed by atoms with Crippen LogP contribution in [-0.2, 0) is 0 Å². The van der Waals surface area contributed by atoms with Crippen molar-refractivity contribution in [2.75, 3.05) is 0 Å². The van der Waals surface area contributed by atoms with Gasteiger partial charge in [0.1, 0.15) is 0 Å². The number of hydrogen-bond donors (Lipinski definition) is 0. The first-order valence-electron chi connectivity index (χ1n) is 37.6. The van der Waals surface area contributed by atoms with Gasteiger partial charge in [-0.25, -0.2) is 39.9 Å². The molecule has 0 radical (unpaired) electrons. The van der Waals surface area contributed by atoms with Crippen LogP contribution in [-0.4, -0.2) is 39.9 Å². The largest absolute Gasteiger partial charge is 0.245 e. The van der Waals surface area contributed by atoms with Crippen LogP contribution in [0.3, 0.4) is 0 Å². The van der Waals surface area contributed by atoms with Crippen LogP contribution in [0.5, 0.6) is 0 Å². The van der Waals surface area contributed by atoms with Gasteiger partial charge in [0.05, 0.1) is 67.6 Å². The van der Waals surface area contributed by atoms with Crippen LogP contribution in [0.4, 0.5) is 0 Å². The Balaban J connectivity index is 0.000000151. The molecule has 8 heteroatoms. The quantitative estimate of drug-likeness (QED) is 0.0992. The highest BCUT2D eigenvalue weighted by Gasteiger charge is 2.21. The molecule has 0 saturated heterocycles. The Kier molecular flexibility index (Phi) is 18.2. The Morgan fingerprint density at radius 2 is 0.366 bits per heavy atom. The standard InChI is InChI=1S/2C52H34N4/c1-5-14-35(15-6-1)36-24-26-39(27-25-36)48-34-49(56-52(55-48)41-20-11-4-12-21-41)43-23-13-22-42(32-43)45-33-47(38-18-9-3-10-19-38)54-51-44(45)30-28-40-29-31-46(53-50(40)51)37-16-7-2-8-17-37;1-5-14-35(15-6-1)36-24-26-40(27-25-36)49-34-48(39-20-11-4-12-21-39)55-52(56-49)43-23-13-22-42(32-43)45-33-47(38-18-9-3-10-19-38)54-51-44(45)30-28-41-29-31-46(53-50(41)51)37-16-7-2-8-17-37/h2*1-34H. The number of nitrogens with zero attached hydrogens (tertiary/aromatic N) is 8. The van der Waals surface area contributed by atoms with E-state index in [4.69, 9.17) is 39.9 Å². The molecule has 8 nitrogen and oxygen atoms in total. The third-order valence-electron chi connectivity index (χ3n) is 20.6. The maximum Gasteiger partial charge on any atom is 0.160 e. The normalized spacial score (nSPS) is 11.2. The van der Waals surface area contributed by atoms with E-state index in [1.165, 1.54) is 22.3 Å². The van der Waals surface area contributed by atoms with Crippen molar-refractivity contribution in [1.29, 1.82) is 0 Å². The Bertz CT molecular complexity index is 6380. The summed E-state index contributed by atoms with van der Waals surface area (Å²) in [6.07, 6.45) is 0.